The van der Waals surface area contributed by atoms with Crippen molar-refractivity contribution in [3.63, 3.8) is 0 Å². The molecule has 0 saturated heterocycles. The van der Waals surface area contributed by atoms with Gasteiger partial charge in [-0.2, -0.15) is 0 Å². The highest BCUT2D eigenvalue weighted by Crippen LogP contribution is 2.43. The molecule has 12 aromatic rings. The lowest BCUT2D eigenvalue weighted by atomic mass is 9.98. The molecule has 0 unspecified atom stereocenters. The summed E-state index contributed by atoms with van der Waals surface area (Å²) in [6.45, 7) is 0. The molecule has 12 rings (SSSR count). The fourth-order valence-corrected chi connectivity index (χ4v) is 10.6. The Morgan fingerprint density at radius 2 is 0.754 bits per heavy atom. The number of aromatic nitrogens is 1. The molecule has 0 spiro atoms. The summed E-state index contributed by atoms with van der Waals surface area (Å²) in [6.07, 6.45) is 0. The van der Waals surface area contributed by atoms with E-state index in [1.54, 1.807) is 0 Å². The summed E-state index contributed by atoms with van der Waals surface area (Å²) < 4.78 is 5.06. The van der Waals surface area contributed by atoms with E-state index in [1.807, 2.05) is 11.3 Å². The Morgan fingerprint density at radius 1 is 0.311 bits per heavy atom. The summed E-state index contributed by atoms with van der Waals surface area (Å²) in [5.41, 5.74) is 14.1. The SMILES string of the molecule is c1ccc(-n2c3ccccc3c3ccccc32)c(-c2ccc(N(c3ccc(-c4cccc5ccccc45)cc3)c3ccc(-c4cccc5c4sc4ccccc45)cc3)cc2)c1. The van der Waals surface area contributed by atoms with Crippen LogP contribution in [0.3, 0.4) is 0 Å². The van der Waals surface area contributed by atoms with E-state index in [-0.39, 0.29) is 0 Å². The van der Waals surface area contributed by atoms with Crippen molar-refractivity contribution in [3.05, 3.63) is 231 Å². The standard InChI is InChI=1S/C58H38N2S/c1-2-15-46-39(13-1)14-11-20-47(46)40-27-33-43(34-28-40)59(45-37-31-42(32-38-45)49-21-12-22-53-52-19-6-10-26-57(52)61-58(49)53)44-35-29-41(30-36-44)48-16-3-7-23-54(48)60-55-24-8-4-17-50(55)51-18-5-9-25-56(51)60/h1-38H. The Labute approximate surface area is 358 Å². The van der Waals surface area contributed by atoms with Crippen LogP contribution in [0.15, 0.2) is 231 Å². The first-order valence-corrected chi connectivity index (χ1v) is 21.7. The maximum Gasteiger partial charge on any atom is 0.0541 e. The van der Waals surface area contributed by atoms with E-state index in [0.29, 0.717) is 0 Å². The molecular weight excluding hydrogens is 757 g/mol. The summed E-state index contributed by atoms with van der Waals surface area (Å²) >= 11 is 1.88. The van der Waals surface area contributed by atoms with E-state index >= 15 is 0 Å². The number of hydrogen-bond acceptors (Lipinski definition) is 2. The normalized spacial score (nSPS) is 11.6. The Morgan fingerprint density at radius 3 is 1.43 bits per heavy atom. The first kappa shape index (κ1) is 35.2. The number of nitrogens with zero attached hydrogens (tertiary/aromatic N) is 2. The van der Waals surface area contributed by atoms with E-state index < -0.39 is 0 Å². The average molecular weight is 795 g/mol. The Kier molecular flexibility index (Phi) is 8.39. The van der Waals surface area contributed by atoms with Gasteiger partial charge in [-0.15, -0.1) is 11.3 Å². The molecule has 2 nitrogen and oxygen atoms in total. The summed E-state index contributed by atoms with van der Waals surface area (Å²) in [4.78, 5) is 2.37. The molecule has 0 bridgehead atoms. The second kappa shape index (κ2) is 14.5. The number of anilines is 3. The van der Waals surface area contributed by atoms with Gasteiger partial charge in [0.15, 0.2) is 0 Å². The maximum atomic E-state index is 2.42. The smallest absolute Gasteiger partial charge is 0.0541 e. The first-order chi connectivity index (χ1) is 30.3. The molecule has 0 fully saturated rings. The van der Waals surface area contributed by atoms with E-state index in [0.717, 1.165) is 22.7 Å². The van der Waals surface area contributed by atoms with E-state index in [9.17, 15) is 0 Å². The van der Waals surface area contributed by atoms with Crippen LogP contribution in [-0.4, -0.2) is 4.57 Å². The molecule has 0 saturated carbocycles. The maximum absolute atomic E-state index is 2.42. The van der Waals surface area contributed by atoms with Crippen LogP contribution < -0.4 is 4.90 Å². The van der Waals surface area contributed by atoms with Gasteiger partial charge in [-0.25, -0.2) is 0 Å². The predicted octanol–water partition coefficient (Wildman–Crippen LogP) is 16.8. The summed E-state index contributed by atoms with van der Waals surface area (Å²) in [5.74, 6) is 0. The summed E-state index contributed by atoms with van der Waals surface area (Å²) in [6, 6.07) is 84.1. The average Bonchev–Trinajstić information content (AvgIpc) is 3.88. The Hall–Kier alpha value is -7.72. The van der Waals surface area contributed by atoms with Crippen molar-refractivity contribution in [2.24, 2.45) is 0 Å². The molecule has 10 aromatic carbocycles. The quantitative estimate of drug-likeness (QED) is 0.156. The third kappa shape index (κ3) is 5.93. The zero-order valence-electron chi connectivity index (χ0n) is 33.2. The van der Waals surface area contributed by atoms with Gasteiger partial charge in [0.05, 0.1) is 16.7 Å². The number of thiophene rings is 1. The van der Waals surface area contributed by atoms with Crippen molar-refractivity contribution in [2.75, 3.05) is 4.90 Å². The third-order valence-electron chi connectivity index (χ3n) is 12.2. The number of rotatable bonds is 7. The van der Waals surface area contributed by atoms with Crippen molar-refractivity contribution in [3.8, 4) is 39.1 Å². The van der Waals surface area contributed by atoms with Crippen molar-refractivity contribution in [2.45, 2.75) is 0 Å². The van der Waals surface area contributed by atoms with Crippen LogP contribution in [0.2, 0.25) is 0 Å². The lowest BCUT2D eigenvalue weighted by Crippen LogP contribution is -2.09. The van der Waals surface area contributed by atoms with Crippen LogP contribution in [0, 0.1) is 0 Å². The van der Waals surface area contributed by atoms with Crippen molar-refractivity contribution < 1.29 is 0 Å². The molecule has 0 amide bonds. The molecule has 0 aliphatic heterocycles. The van der Waals surface area contributed by atoms with Gasteiger partial charge < -0.3 is 9.47 Å². The number of benzene rings is 10. The van der Waals surface area contributed by atoms with Gasteiger partial charge in [-0.05, 0) is 99.3 Å². The zero-order chi connectivity index (χ0) is 40.3. The lowest BCUT2D eigenvalue weighted by molar-refractivity contribution is 1.18. The highest BCUT2D eigenvalue weighted by atomic mass is 32.1. The van der Waals surface area contributed by atoms with Crippen molar-refractivity contribution in [1.29, 1.82) is 0 Å². The third-order valence-corrected chi connectivity index (χ3v) is 13.4. The zero-order valence-corrected chi connectivity index (χ0v) is 34.1. The minimum Gasteiger partial charge on any atom is -0.311 e. The highest BCUT2D eigenvalue weighted by molar-refractivity contribution is 7.26. The number of fused-ring (bicyclic) bond motifs is 7. The molecule has 61 heavy (non-hydrogen) atoms. The number of hydrogen-bond donors (Lipinski definition) is 0. The van der Waals surface area contributed by atoms with Gasteiger partial charge in [0.2, 0.25) is 0 Å². The molecular formula is C58H38N2S. The van der Waals surface area contributed by atoms with Crippen molar-refractivity contribution in [1.82, 2.24) is 4.57 Å². The van der Waals surface area contributed by atoms with E-state index in [2.05, 4.69) is 240 Å². The van der Waals surface area contributed by atoms with Crippen molar-refractivity contribution >= 4 is 81.1 Å². The number of para-hydroxylation sites is 3. The van der Waals surface area contributed by atoms with Crippen LogP contribution >= 0.6 is 11.3 Å². The fourth-order valence-electron chi connectivity index (χ4n) is 9.36. The molecule has 0 atom stereocenters. The first-order valence-electron chi connectivity index (χ1n) is 20.8. The van der Waals surface area contributed by atoms with Gasteiger partial charge in [0.25, 0.3) is 0 Å². The van der Waals surface area contributed by atoms with Gasteiger partial charge in [-0.3, -0.25) is 0 Å². The predicted molar refractivity (Wildman–Crippen MR) is 262 cm³/mol. The van der Waals surface area contributed by atoms with Crippen LogP contribution in [0.1, 0.15) is 0 Å². The van der Waals surface area contributed by atoms with Gasteiger partial charge in [0, 0.05) is 53.6 Å². The minimum atomic E-state index is 1.09. The van der Waals surface area contributed by atoms with Gasteiger partial charge in [0.1, 0.15) is 0 Å². The summed E-state index contributed by atoms with van der Waals surface area (Å²) in [7, 11) is 0. The Bertz CT molecular complexity index is 3520. The Balaban J connectivity index is 0.961. The second-order valence-electron chi connectivity index (χ2n) is 15.7. The topological polar surface area (TPSA) is 8.17 Å². The van der Waals surface area contributed by atoms with E-state index in [1.165, 1.54) is 86.1 Å². The lowest BCUT2D eigenvalue weighted by Gasteiger charge is -2.26. The van der Waals surface area contributed by atoms with Gasteiger partial charge >= 0.3 is 0 Å². The second-order valence-corrected chi connectivity index (χ2v) is 16.7. The molecule has 0 aliphatic rings. The van der Waals surface area contributed by atoms with Crippen LogP contribution in [0.25, 0.3) is 91.8 Å². The molecule has 0 N–H and O–H groups in total. The van der Waals surface area contributed by atoms with Crippen LogP contribution in [0.5, 0.6) is 0 Å². The molecule has 2 heterocycles. The fraction of sp³-hybridized carbons (Fsp3) is 0. The van der Waals surface area contributed by atoms with E-state index in [4.69, 9.17) is 0 Å². The largest absolute Gasteiger partial charge is 0.311 e. The van der Waals surface area contributed by atoms with Gasteiger partial charge in [-0.1, -0.05) is 170 Å². The monoisotopic (exact) mass is 794 g/mol. The van der Waals surface area contributed by atoms with Crippen LogP contribution in [0.4, 0.5) is 17.1 Å². The molecule has 2 aromatic heterocycles. The molecule has 3 heteroatoms. The highest BCUT2D eigenvalue weighted by Gasteiger charge is 2.18. The van der Waals surface area contributed by atoms with Crippen LogP contribution in [-0.2, 0) is 0 Å². The molecule has 286 valence electrons. The molecule has 0 radical (unpaired) electrons. The minimum absolute atomic E-state index is 1.09. The summed E-state index contributed by atoms with van der Waals surface area (Å²) in [5, 5.41) is 7.66. The molecule has 0 aliphatic carbocycles.